The Labute approximate surface area is 135 Å². The molecule has 0 amide bonds. The quantitative estimate of drug-likeness (QED) is 0.758. The second kappa shape index (κ2) is 8.29. The molecule has 0 aliphatic rings. The van der Waals surface area contributed by atoms with E-state index in [1.54, 1.807) is 24.3 Å². The first-order chi connectivity index (χ1) is 11.0. The maximum Gasteiger partial charge on any atom is 0.335 e. The molecule has 0 aliphatic heterocycles. The minimum atomic E-state index is -0.914. The molecular weight excluding hydrogens is 297 g/mol. The zero-order chi connectivity index (χ0) is 16.7. The third-order valence-electron chi connectivity index (χ3n) is 3.42. The normalized spacial score (nSPS) is 10.7. The predicted molar refractivity (Wildman–Crippen MR) is 86.2 cm³/mol. The second-order valence-corrected chi connectivity index (χ2v) is 5.40. The summed E-state index contributed by atoms with van der Waals surface area (Å²) in [6, 6.07) is 12.9. The Kier molecular flexibility index (Phi) is 6.11. The number of rotatable bonds is 8. The lowest BCUT2D eigenvalue weighted by Gasteiger charge is -2.17. The summed E-state index contributed by atoms with van der Waals surface area (Å²) in [6.07, 6.45) is 0.848. The van der Waals surface area contributed by atoms with Gasteiger partial charge in [0.05, 0.1) is 12.2 Å². The summed E-state index contributed by atoms with van der Waals surface area (Å²) in [5.74, 6) is -0.521. The first kappa shape index (κ1) is 17.0. The number of hydrogen-bond acceptors (Lipinski definition) is 3. The summed E-state index contributed by atoms with van der Waals surface area (Å²) in [4.78, 5) is 12.9. The van der Waals surface area contributed by atoms with E-state index >= 15 is 0 Å². The molecule has 0 aliphatic carbocycles. The van der Waals surface area contributed by atoms with Crippen molar-refractivity contribution in [1.82, 2.24) is 4.90 Å². The number of aromatic carboxylic acids is 1. The van der Waals surface area contributed by atoms with Crippen LogP contribution in [0.25, 0.3) is 0 Å². The molecule has 23 heavy (non-hydrogen) atoms. The average Bonchev–Trinajstić information content (AvgIpc) is 2.54. The summed E-state index contributed by atoms with van der Waals surface area (Å²) in [7, 11) is 2.00. The minimum absolute atomic E-state index is 0.272. The highest BCUT2D eigenvalue weighted by atomic mass is 19.1. The van der Waals surface area contributed by atoms with Crippen LogP contribution in [-0.2, 0) is 6.54 Å². The number of nitrogens with zero attached hydrogens (tertiary/aromatic N) is 1. The molecule has 0 heterocycles. The number of benzene rings is 2. The van der Waals surface area contributed by atoms with E-state index in [1.807, 2.05) is 19.2 Å². The molecule has 4 nitrogen and oxygen atoms in total. The molecule has 0 spiro atoms. The molecule has 2 aromatic carbocycles. The van der Waals surface area contributed by atoms with Crippen LogP contribution in [0.5, 0.6) is 5.75 Å². The van der Waals surface area contributed by atoms with Gasteiger partial charge in [0.15, 0.2) is 0 Å². The molecule has 1 N–H and O–H groups in total. The van der Waals surface area contributed by atoms with Crippen LogP contribution in [-0.4, -0.2) is 36.2 Å². The molecule has 0 bridgehead atoms. The Hall–Kier alpha value is -2.40. The number of carbonyl (C=O) groups is 1. The summed E-state index contributed by atoms with van der Waals surface area (Å²) in [6.45, 7) is 2.16. The fourth-order valence-corrected chi connectivity index (χ4v) is 2.20. The third-order valence-corrected chi connectivity index (χ3v) is 3.42. The number of hydrogen-bond donors (Lipinski definition) is 1. The van der Waals surface area contributed by atoms with Gasteiger partial charge < -0.3 is 14.7 Å². The van der Waals surface area contributed by atoms with Crippen LogP contribution in [0.1, 0.15) is 22.3 Å². The summed E-state index contributed by atoms with van der Waals surface area (Å²) >= 11 is 0. The van der Waals surface area contributed by atoms with E-state index < -0.39 is 5.97 Å². The van der Waals surface area contributed by atoms with Gasteiger partial charge in [0, 0.05) is 13.1 Å². The Morgan fingerprint density at radius 2 is 1.78 bits per heavy atom. The standard InChI is InChI=1S/C18H20FNO3/c1-20(13-14-3-5-15(6-4-14)18(21)22)11-2-12-23-17-9-7-16(19)8-10-17/h3-10H,2,11-13H2,1H3,(H,21,22). The first-order valence-electron chi connectivity index (χ1n) is 7.44. The highest BCUT2D eigenvalue weighted by molar-refractivity contribution is 5.87. The van der Waals surface area contributed by atoms with Gasteiger partial charge >= 0.3 is 5.97 Å². The van der Waals surface area contributed by atoms with E-state index in [2.05, 4.69) is 4.90 Å². The molecule has 0 aromatic heterocycles. The van der Waals surface area contributed by atoms with E-state index in [0.29, 0.717) is 17.9 Å². The van der Waals surface area contributed by atoms with Gasteiger partial charge in [-0.25, -0.2) is 9.18 Å². The lowest BCUT2D eigenvalue weighted by molar-refractivity contribution is 0.0697. The number of ether oxygens (including phenoxy) is 1. The summed E-state index contributed by atoms with van der Waals surface area (Å²) < 4.78 is 18.3. The SMILES string of the molecule is CN(CCCOc1ccc(F)cc1)Cc1ccc(C(=O)O)cc1. The highest BCUT2D eigenvalue weighted by Gasteiger charge is 2.04. The van der Waals surface area contributed by atoms with Gasteiger partial charge in [-0.05, 0) is 55.4 Å². The molecule has 0 saturated heterocycles. The first-order valence-corrected chi connectivity index (χ1v) is 7.44. The van der Waals surface area contributed by atoms with Gasteiger partial charge in [0.25, 0.3) is 0 Å². The Morgan fingerprint density at radius 3 is 2.39 bits per heavy atom. The number of carboxylic acid groups (broad SMARTS) is 1. The maximum atomic E-state index is 12.8. The monoisotopic (exact) mass is 317 g/mol. The van der Waals surface area contributed by atoms with Crippen molar-refractivity contribution in [3.63, 3.8) is 0 Å². The Balaban J connectivity index is 1.69. The van der Waals surface area contributed by atoms with Crippen molar-refractivity contribution in [1.29, 1.82) is 0 Å². The van der Waals surface area contributed by atoms with E-state index in [-0.39, 0.29) is 5.82 Å². The van der Waals surface area contributed by atoms with Crippen LogP contribution in [0.3, 0.4) is 0 Å². The fraction of sp³-hybridized carbons (Fsp3) is 0.278. The average molecular weight is 317 g/mol. The Bertz CT molecular complexity index is 626. The molecule has 122 valence electrons. The van der Waals surface area contributed by atoms with Gasteiger partial charge in [-0.3, -0.25) is 0 Å². The highest BCUT2D eigenvalue weighted by Crippen LogP contribution is 2.11. The number of halogens is 1. The van der Waals surface area contributed by atoms with Crippen LogP contribution >= 0.6 is 0 Å². The largest absolute Gasteiger partial charge is 0.494 e. The Morgan fingerprint density at radius 1 is 1.13 bits per heavy atom. The van der Waals surface area contributed by atoms with Crippen molar-refractivity contribution < 1.29 is 19.0 Å². The molecule has 0 saturated carbocycles. The van der Waals surface area contributed by atoms with Crippen molar-refractivity contribution in [2.45, 2.75) is 13.0 Å². The van der Waals surface area contributed by atoms with Crippen LogP contribution in [0.2, 0.25) is 0 Å². The van der Waals surface area contributed by atoms with Crippen molar-refractivity contribution in [2.75, 3.05) is 20.2 Å². The maximum absolute atomic E-state index is 12.8. The molecule has 2 aromatic rings. The van der Waals surface area contributed by atoms with E-state index in [0.717, 1.165) is 25.1 Å². The van der Waals surface area contributed by atoms with Gasteiger partial charge in [-0.15, -0.1) is 0 Å². The van der Waals surface area contributed by atoms with E-state index in [1.165, 1.54) is 12.1 Å². The van der Waals surface area contributed by atoms with Gasteiger partial charge in [0.2, 0.25) is 0 Å². The van der Waals surface area contributed by atoms with Crippen LogP contribution in [0.4, 0.5) is 4.39 Å². The van der Waals surface area contributed by atoms with Crippen molar-refractivity contribution in [3.8, 4) is 5.75 Å². The molecular formula is C18H20FNO3. The third kappa shape index (κ3) is 5.71. The van der Waals surface area contributed by atoms with Gasteiger partial charge in [-0.1, -0.05) is 12.1 Å². The van der Waals surface area contributed by atoms with Gasteiger partial charge in [-0.2, -0.15) is 0 Å². The molecule has 0 unspecified atom stereocenters. The summed E-state index contributed by atoms with van der Waals surface area (Å²) in [5, 5.41) is 8.86. The van der Waals surface area contributed by atoms with Crippen molar-refractivity contribution >= 4 is 5.97 Å². The van der Waals surface area contributed by atoms with Crippen molar-refractivity contribution in [3.05, 3.63) is 65.5 Å². The summed E-state index contributed by atoms with van der Waals surface area (Å²) in [5.41, 5.74) is 1.36. The molecule has 0 atom stereocenters. The van der Waals surface area contributed by atoms with E-state index in [4.69, 9.17) is 9.84 Å². The van der Waals surface area contributed by atoms with E-state index in [9.17, 15) is 9.18 Å². The van der Waals surface area contributed by atoms with Crippen molar-refractivity contribution in [2.24, 2.45) is 0 Å². The molecule has 0 fully saturated rings. The zero-order valence-electron chi connectivity index (χ0n) is 13.0. The lowest BCUT2D eigenvalue weighted by Crippen LogP contribution is -2.20. The molecule has 2 rings (SSSR count). The topological polar surface area (TPSA) is 49.8 Å². The zero-order valence-corrected chi connectivity index (χ0v) is 13.0. The predicted octanol–water partition coefficient (Wildman–Crippen LogP) is 3.42. The molecule has 5 heteroatoms. The smallest absolute Gasteiger partial charge is 0.335 e. The van der Waals surface area contributed by atoms with Gasteiger partial charge in [0.1, 0.15) is 11.6 Å². The lowest BCUT2D eigenvalue weighted by atomic mass is 10.1. The molecule has 0 radical (unpaired) electrons. The van der Waals surface area contributed by atoms with Crippen LogP contribution in [0, 0.1) is 5.82 Å². The second-order valence-electron chi connectivity index (χ2n) is 5.40. The number of carboxylic acids is 1. The van der Waals surface area contributed by atoms with Crippen LogP contribution < -0.4 is 4.74 Å². The fourth-order valence-electron chi connectivity index (χ4n) is 2.20. The minimum Gasteiger partial charge on any atom is -0.494 e. The van der Waals surface area contributed by atoms with Crippen LogP contribution in [0.15, 0.2) is 48.5 Å².